The van der Waals surface area contributed by atoms with Crippen molar-refractivity contribution >= 4 is 21.7 Å². The maximum atomic E-state index is 11.6. The Bertz CT molecular complexity index is 566. The molecule has 0 aromatic heterocycles. The Morgan fingerprint density at radius 3 is 2.71 bits per heavy atom. The van der Waals surface area contributed by atoms with E-state index < -0.39 is 21.0 Å². The van der Waals surface area contributed by atoms with Gasteiger partial charge in [-0.3, -0.25) is 10.1 Å². The van der Waals surface area contributed by atoms with Gasteiger partial charge >= 0.3 is 0 Å². The van der Waals surface area contributed by atoms with Gasteiger partial charge < -0.3 is 10.5 Å². The molecular formula is C8H9N3O5S. The number of nitrogens with two attached hydrogens (primary N) is 1. The second kappa shape index (κ2) is 4.78. The fourth-order valence-corrected chi connectivity index (χ4v) is 1.90. The molecule has 0 unspecified atom stereocenters. The van der Waals surface area contributed by atoms with Crippen LogP contribution >= 0.6 is 0 Å². The zero-order valence-corrected chi connectivity index (χ0v) is 9.55. The van der Waals surface area contributed by atoms with E-state index in [2.05, 4.69) is 9.13 Å². The first-order valence-corrected chi connectivity index (χ1v) is 5.69. The van der Waals surface area contributed by atoms with Crippen molar-refractivity contribution in [3.05, 3.63) is 34.4 Å². The highest BCUT2D eigenvalue weighted by atomic mass is 32.2. The molecule has 0 bridgehead atoms. The van der Waals surface area contributed by atoms with Gasteiger partial charge in [-0.1, -0.05) is 6.07 Å². The number of hydrogen-bond donors (Lipinski definition) is 1. The molecule has 0 heterocycles. The van der Waals surface area contributed by atoms with Crippen molar-refractivity contribution in [1.82, 2.24) is 0 Å². The lowest BCUT2D eigenvalue weighted by Gasteiger charge is -2.00. The maximum absolute atomic E-state index is 11.6. The van der Waals surface area contributed by atoms with Gasteiger partial charge in [-0.25, -0.2) is 0 Å². The van der Waals surface area contributed by atoms with Crippen molar-refractivity contribution in [2.75, 3.05) is 7.11 Å². The lowest BCUT2D eigenvalue weighted by atomic mass is 10.3. The van der Waals surface area contributed by atoms with E-state index in [4.69, 9.17) is 5.73 Å². The van der Waals surface area contributed by atoms with Crippen LogP contribution in [0.2, 0.25) is 0 Å². The average Bonchev–Trinajstić information content (AvgIpc) is 2.28. The largest absolute Gasteiger partial charge is 0.468 e. The van der Waals surface area contributed by atoms with Crippen LogP contribution in [0.25, 0.3) is 0 Å². The molecule has 0 saturated heterocycles. The zero-order chi connectivity index (χ0) is 13.1. The number of ether oxygens (including phenoxy) is 1. The summed E-state index contributed by atoms with van der Waals surface area (Å²) >= 11 is 0. The van der Waals surface area contributed by atoms with Crippen LogP contribution in [0.15, 0.2) is 33.6 Å². The normalized spacial score (nSPS) is 12.2. The molecule has 0 aliphatic carbocycles. The number of benzene rings is 1. The molecule has 0 radical (unpaired) electrons. The highest BCUT2D eigenvalue weighted by molar-refractivity contribution is 7.90. The smallest absolute Gasteiger partial charge is 0.297 e. The standard InChI is InChI=1S/C8H9N3O5S/c1-16-8(9)10-17(14,15)7-4-2-3-6(5-7)11(12)13/h2-5H,1H3,(H2,9,10). The minimum atomic E-state index is -4.09. The van der Waals surface area contributed by atoms with E-state index in [-0.39, 0.29) is 10.6 Å². The summed E-state index contributed by atoms with van der Waals surface area (Å²) in [6.07, 6.45) is 0. The molecule has 0 aliphatic heterocycles. The van der Waals surface area contributed by atoms with Gasteiger partial charge in [0.25, 0.3) is 21.7 Å². The second-order valence-corrected chi connectivity index (χ2v) is 4.47. The van der Waals surface area contributed by atoms with Crippen LogP contribution < -0.4 is 5.73 Å². The highest BCUT2D eigenvalue weighted by Gasteiger charge is 2.17. The van der Waals surface area contributed by atoms with Crippen LogP contribution in [0.1, 0.15) is 0 Å². The molecule has 92 valence electrons. The first-order valence-electron chi connectivity index (χ1n) is 4.25. The molecule has 2 N–H and O–H groups in total. The Labute approximate surface area is 96.9 Å². The summed E-state index contributed by atoms with van der Waals surface area (Å²) in [5.41, 5.74) is 4.76. The summed E-state index contributed by atoms with van der Waals surface area (Å²) in [7, 11) is -2.94. The zero-order valence-electron chi connectivity index (χ0n) is 8.73. The summed E-state index contributed by atoms with van der Waals surface area (Å²) in [6, 6.07) is 3.93. The van der Waals surface area contributed by atoms with Gasteiger partial charge in [-0.05, 0) is 6.07 Å². The van der Waals surface area contributed by atoms with Crippen LogP contribution in [-0.4, -0.2) is 26.5 Å². The molecule has 9 heteroatoms. The van der Waals surface area contributed by atoms with Gasteiger partial charge in [-0.2, -0.15) is 8.42 Å². The summed E-state index contributed by atoms with van der Waals surface area (Å²) < 4.78 is 30.7. The first-order chi connectivity index (χ1) is 7.86. The van der Waals surface area contributed by atoms with Crippen LogP contribution in [0.3, 0.4) is 0 Å². The van der Waals surface area contributed by atoms with Crippen LogP contribution in [0.4, 0.5) is 5.69 Å². The molecule has 1 aromatic rings. The number of nitro groups is 1. The first kappa shape index (κ1) is 12.9. The number of methoxy groups -OCH3 is 1. The van der Waals surface area contributed by atoms with Crippen molar-refractivity contribution in [2.24, 2.45) is 10.1 Å². The number of amidine groups is 1. The molecule has 0 fully saturated rings. The van der Waals surface area contributed by atoms with Crippen LogP contribution in [-0.2, 0) is 14.8 Å². The lowest BCUT2D eigenvalue weighted by molar-refractivity contribution is -0.385. The van der Waals surface area contributed by atoms with Crippen molar-refractivity contribution in [2.45, 2.75) is 4.90 Å². The fraction of sp³-hybridized carbons (Fsp3) is 0.125. The Kier molecular flexibility index (Phi) is 3.63. The van der Waals surface area contributed by atoms with Crippen molar-refractivity contribution in [3.63, 3.8) is 0 Å². The van der Waals surface area contributed by atoms with Gasteiger partial charge in [0.15, 0.2) is 0 Å². The highest BCUT2D eigenvalue weighted by Crippen LogP contribution is 2.18. The predicted octanol–water partition coefficient (Wildman–Crippen LogP) is 0.245. The average molecular weight is 259 g/mol. The van der Waals surface area contributed by atoms with Gasteiger partial charge in [0, 0.05) is 12.1 Å². The molecule has 0 atom stereocenters. The summed E-state index contributed by atoms with van der Waals surface area (Å²) in [6.45, 7) is 0. The van der Waals surface area contributed by atoms with Crippen molar-refractivity contribution in [3.8, 4) is 0 Å². The number of hydrogen-bond acceptors (Lipinski definition) is 5. The molecule has 8 nitrogen and oxygen atoms in total. The quantitative estimate of drug-likeness (QED) is 0.359. The van der Waals surface area contributed by atoms with Gasteiger partial charge in [0.1, 0.15) is 0 Å². The van der Waals surface area contributed by atoms with E-state index in [0.717, 1.165) is 13.2 Å². The number of nitro benzene ring substituents is 1. The molecule has 0 saturated carbocycles. The van der Waals surface area contributed by atoms with E-state index >= 15 is 0 Å². The Morgan fingerprint density at radius 2 is 2.18 bits per heavy atom. The van der Waals surface area contributed by atoms with Gasteiger partial charge in [-0.15, -0.1) is 4.40 Å². The SMILES string of the molecule is COC(N)=NS(=O)(=O)c1cccc([N+](=O)[O-])c1. The third-order valence-electron chi connectivity index (χ3n) is 1.75. The summed E-state index contributed by atoms with van der Waals surface area (Å²) in [5.74, 6) is 0. The number of nitrogens with zero attached hydrogens (tertiary/aromatic N) is 2. The van der Waals surface area contributed by atoms with E-state index in [1.54, 1.807) is 0 Å². The third-order valence-corrected chi connectivity index (χ3v) is 3.02. The second-order valence-electron chi connectivity index (χ2n) is 2.86. The lowest BCUT2D eigenvalue weighted by Crippen LogP contribution is -2.16. The number of non-ortho nitro benzene ring substituents is 1. The number of rotatable bonds is 3. The molecule has 1 aromatic carbocycles. The Balaban J connectivity index is 3.25. The minimum Gasteiger partial charge on any atom is -0.468 e. The topological polar surface area (TPSA) is 125 Å². The minimum absolute atomic E-state index is 0.327. The van der Waals surface area contributed by atoms with E-state index in [0.29, 0.717) is 0 Å². The predicted molar refractivity (Wildman–Crippen MR) is 58.9 cm³/mol. The molecule has 0 spiro atoms. The summed E-state index contributed by atoms with van der Waals surface area (Å²) in [4.78, 5) is 9.45. The van der Waals surface area contributed by atoms with Crippen molar-refractivity contribution in [1.29, 1.82) is 0 Å². The molecule has 17 heavy (non-hydrogen) atoms. The molecule has 1 rings (SSSR count). The van der Waals surface area contributed by atoms with Gasteiger partial charge in [0.05, 0.1) is 16.9 Å². The summed E-state index contributed by atoms with van der Waals surface area (Å²) in [5, 5.41) is 10.5. The van der Waals surface area contributed by atoms with Crippen LogP contribution in [0.5, 0.6) is 0 Å². The maximum Gasteiger partial charge on any atom is 0.297 e. The third kappa shape index (κ3) is 3.14. The van der Waals surface area contributed by atoms with E-state index in [1.165, 1.54) is 18.2 Å². The molecular weight excluding hydrogens is 250 g/mol. The van der Waals surface area contributed by atoms with Crippen molar-refractivity contribution < 1.29 is 18.1 Å². The van der Waals surface area contributed by atoms with E-state index in [1.807, 2.05) is 0 Å². The number of sulfonamides is 1. The van der Waals surface area contributed by atoms with E-state index in [9.17, 15) is 18.5 Å². The fourth-order valence-electron chi connectivity index (χ4n) is 0.966. The molecule has 0 amide bonds. The molecule has 0 aliphatic rings. The Morgan fingerprint density at radius 1 is 1.53 bits per heavy atom. The monoisotopic (exact) mass is 259 g/mol. The van der Waals surface area contributed by atoms with Crippen LogP contribution in [0, 0.1) is 10.1 Å². The Hall–Kier alpha value is -2.16. The van der Waals surface area contributed by atoms with Gasteiger partial charge in [0.2, 0.25) is 0 Å².